The van der Waals surface area contributed by atoms with Crippen LogP contribution in [0.2, 0.25) is 0 Å². The van der Waals surface area contributed by atoms with Gasteiger partial charge in [0.05, 0.1) is 5.52 Å². The number of hydrogen-bond donors (Lipinski definition) is 0. The number of pyridine rings is 1. The van der Waals surface area contributed by atoms with Gasteiger partial charge in [-0.15, -0.1) is 0 Å². The van der Waals surface area contributed by atoms with Crippen molar-refractivity contribution in [3.05, 3.63) is 59.4 Å². The third kappa shape index (κ3) is 3.10. The molecular formula is C19H21N3O3S. The summed E-state index contributed by atoms with van der Waals surface area (Å²) in [5.74, 6) is -0.321. The number of nitrogens with zero attached hydrogens (tertiary/aromatic N) is 3. The van der Waals surface area contributed by atoms with Crippen molar-refractivity contribution in [3.63, 3.8) is 0 Å². The van der Waals surface area contributed by atoms with E-state index in [2.05, 4.69) is 4.98 Å². The van der Waals surface area contributed by atoms with Crippen LogP contribution in [0, 0.1) is 13.8 Å². The van der Waals surface area contributed by atoms with E-state index in [1.165, 1.54) is 4.40 Å². The Labute approximate surface area is 153 Å². The van der Waals surface area contributed by atoms with Crippen molar-refractivity contribution in [2.75, 3.05) is 17.7 Å². The molecule has 0 fully saturated rings. The normalized spacial score (nSPS) is 11.7. The lowest BCUT2D eigenvalue weighted by atomic mass is 10.1. The Balaban J connectivity index is 2.18. The van der Waals surface area contributed by atoms with Gasteiger partial charge in [0.2, 0.25) is 15.0 Å². The number of fused-ring (bicyclic) bond motifs is 1. The molecule has 0 aliphatic heterocycles. The Kier molecular flexibility index (Phi) is 4.58. The number of rotatable bonds is 4. The van der Waals surface area contributed by atoms with Crippen molar-refractivity contribution >= 4 is 26.9 Å². The van der Waals surface area contributed by atoms with E-state index in [1.807, 2.05) is 39.0 Å². The topological polar surface area (TPSA) is 71.8 Å². The van der Waals surface area contributed by atoms with Crippen molar-refractivity contribution in [1.82, 2.24) is 9.38 Å². The Morgan fingerprint density at radius 1 is 1.19 bits per heavy atom. The molecule has 0 radical (unpaired) electrons. The van der Waals surface area contributed by atoms with Gasteiger partial charge in [0.25, 0.3) is 5.91 Å². The molecule has 1 amide bonds. The van der Waals surface area contributed by atoms with Gasteiger partial charge in [-0.1, -0.05) is 23.8 Å². The van der Waals surface area contributed by atoms with E-state index in [0.29, 0.717) is 12.1 Å². The van der Waals surface area contributed by atoms with Gasteiger partial charge in [-0.3, -0.25) is 9.20 Å². The quantitative estimate of drug-likeness (QED) is 0.707. The lowest BCUT2D eigenvalue weighted by Crippen LogP contribution is -2.31. The first-order valence-corrected chi connectivity index (χ1v) is 10.2. The number of hydrogen-bond acceptors (Lipinski definition) is 4. The molecule has 0 spiro atoms. The molecule has 0 aliphatic rings. The first kappa shape index (κ1) is 18.1. The molecule has 0 N–H and O–H groups in total. The molecule has 136 valence electrons. The molecule has 6 nitrogen and oxygen atoms in total. The molecule has 0 saturated heterocycles. The molecule has 0 atom stereocenters. The van der Waals surface area contributed by atoms with Crippen LogP contribution in [0.15, 0.2) is 47.8 Å². The third-order valence-corrected chi connectivity index (χ3v) is 5.21. The summed E-state index contributed by atoms with van der Waals surface area (Å²) in [5, 5.41) is -0.131. The molecule has 26 heavy (non-hydrogen) atoms. The van der Waals surface area contributed by atoms with Crippen molar-refractivity contribution < 1.29 is 13.2 Å². The first-order chi connectivity index (χ1) is 12.2. The molecule has 2 heterocycles. The summed E-state index contributed by atoms with van der Waals surface area (Å²) in [7, 11) is -3.57. The van der Waals surface area contributed by atoms with Crippen molar-refractivity contribution in [3.8, 4) is 0 Å². The smallest absolute Gasteiger partial charge is 0.279 e. The monoisotopic (exact) mass is 371 g/mol. The van der Waals surface area contributed by atoms with Gasteiger partial charge in [0.1, 0.15) is 0 Å². The Bertz CT molecular complexity index is 1100. The average Bonchev–Trinajstić information content (AvgIpc) is 2.97. The fourth-order valence-electron chi connectivity index (χ4n) is 3.09. The lowest BCUT2D eigenvalue weighted by molar-refractivity contribution is 0.0985. The van der Waals surface area contributed by atoms with Gasteiger partial charge in [0.15, 0.2) is 5.69 Å². The number of benzene rings is 1. The van der Waals surface area contributed by atoms with Gasteiger partial charge in [-0.25, -0.2) is 13.4 Å². The van der Waals surface area contributed by atoms with Crippen molar-refractivity contribution in [2.24, 2.45) is 0 Å². The van der Waals surface area contributed by atoms with Crippen LogP contribution in [0.1, 0.15) is 28.5 Å². The van der Waals surface area contributed by atoms with E-state index < -0.39 is 9.84 Å². The number of amides is 1. The summed E-state index contributed by atoms with van der Waals surface area (Å²) in [5.41, 5.74) is 3.49. The summed E-state index contributed by atoms with van der Waals surface area (Å²) in [6, 6.07) is 11.0. The number of sulfone groups is 1. The summed E-state index contributed by atoms with van der Waals surface area (Å²) in [6.07, 6.45) is 2.69. The summed E-state index contributed by atoms with van der Waals surface area (Å²) < 4.78 is 25.6. The largest absolute Gasteiger partial charge is 0.307 e. The Morgan fingerprint density at radius 2 is 1.92 bits per heavy atom. The van der Waals surface area contributed by atoms with Gasteiger partial charge < -0.3 is 4.90 Å². The maximum absolute atomic E-state index is 13.2. The molecule has 3 rings (SSSR count). The predicted molar refractivity (Wildman–Crippen MR) is 102 cm³/mol. The van der Waals surface area contributed by atoms with Gasteiger partial charge >= 0.3 is 0 Å². The second-order valence-corrected chi connectivity index (χ2v) is 8.22. The highest BCUT2D eigenvalue weighted by molar-refractivity contribution is 7.90. The molecule has 0 unspecified atom stereocenters. The van der Waals surface area contributed by atoms with E-state index in [-0.39, 0.29) is 16.8 Å². The zero-order chi connectivity index (χ0) is 19.1. The van der Waals surface area contributed by atoms with Crippen LogP contribution >= 0.6 is 0 Å². The van der Waals surface area contributed by atoms with Crippen LogP contribution in [-0.4, -0.2) is 36.5 Å². The van der Waals surface area contributed by atoms with Crippen LogP contribution in [0.4, 0.5) is 5.69 Å². The molecule has 0 aliphatic carbocycles. The SMILES string of the molecule is CCN(C(=O)c1nc(S(C)(=O)=O)n2ccccc12)c1ccc(C)cc1C. The molecular weight excluding hydrogens is 350 g/mol. The minimum absolute atomic E-state index is 0.131. The van der Waals surface area contributed by atoms with Gasteiger partial charge in [0, 0.05) is 24.7 Å². The van der Waals surface area contributed by atoms with Crippen LogP contribution in [0.25, 0.3) is 5.52 Å². The maximum Gasteiger partial charge on any atom is 0.279 e. The number of imidazole rings is 1. The van der Waals surface area contributed by atoms with Gasteiger partial charge in [-0.05, 0) is 44.5 Å². The van der Waals surface area contributed by atoms with Crippen molar-refractivity contribution in [2.45, 2.75) is 25.9 Å². The van der Waals surface area contributed by atoms with E-state index >= 15 is 0 Å². The maximum atomic E-state index is 13.2. The molecule has 1 aromatic carbocycles. The lowest BCUT2D eigenvalue weighted by Gasteiger charge is -2.22. The number of aryl methyl sites for hydroxylation is 2. The fourth-order valence-corrected chi connectivity index (χ4v) is 3.86. The van der Waals surface area contributed by atoms with E-state index in [1.54, 1.807) is 29.3 Å². The number of anilines is 1. The number of aromatic nitrogens is 2. The Hall–Kier alpha value is -2.67. The second-order valence-electron chi connectivity index (χ2n) is 6.31. The van der Waals surface area contributed by atoms with Crippen molar-refractivity contribution in [1.29, 1.82) is 0 Å². The Morgan fingerprint density at radius 3 is 2.54 bits per heavy atom. The average molecular weight is 371 g/mol. The molecule has 2 aromatic heterocycles. The first-order valence-electron chi connectivity index (χ1n) is 8.30. The standard InChI is InChI=1S/C19H21N3O3S/c1-5-21(15-10-9-13(2)12-14(15)3)18(23)17-16-8-6-7-11-22(16)19(20-17)26(4,24)25/h6-12H,5H2,1-4H3. The molecule has 7 heteroatoms. The summed E-state index contributed by atoms with van der Waals surface area (Å²) in [6.45, 7) is 6.28. The van der Waals surface area contributed by atoms with Crippen LogP contribution in [-0.2, 0) is 9.84 Å². The van der Waals surface area contributed by atoms with E-state index in [4.69, 9.17) is 0 Å². The molecule has 0 bridgehead atoms. The zero-order valence-electron chi connectivity index (χ0n) is 15.2. The van der Waals surface area contributed by atoms with Crippen LogP contribution in [0.5, 0.6) is 0 Å². The molecule has 0 saturated carbocycles. The summed E-state index contributed by atoms with van der Waals surface area (Å²) in [4.78, 5) is 19.0. The van der Waals surface area contributed by atoms with Gasteiger partial charge in [-0.2, -0.15) is 0 Å². The minimum Gasteiger partial charge on any atom is -0.307 e. The summed E-state index contributed by atoms with van der Waals surface area (Å²) >= 11 is 0. The van der Waals surface area contributed by atoms with E-state index in [9.17, 15) is 13.2 Å². The van der Waals surface area contributed by atoms with Crippen LogP contribution < -0.4 is 4.90 Å². The second kappa shape index (κ2) is 6.57. The minimum atomic E-state index is -3.57. The third-order valence-electron chi connectivity index (χ3n) is 4.25. The number of carbonyl (C=O) groups excluding carboxylic acids is 1. The predicted octanol–water partition coefficient (Wildman–Crippen LogP) is 3.02. The highest BCUT2D eigenvalue weighted by Crippen LogP contribution is 2.25. The number of carbonyl (C=O) groups is 1. The highest BCUT2D eigenvalue weighted by atomic mass is 32.2. The molecule has 3 aromatic rings. The zero-order valence-corrected chi connectivity index (χ0v) is 16.0. The van der Waals surface area contributed by atoms with Crippen LogP contribution in [0.3, 0.4) is 0 Å². The highest BCUT2D eigenvalue weighted by Gasteiger charge is 2.26. The van der Waals surface area contributed by atoms with E-state index in [0.717, 1.165) is 23.1 Å². The fraction of sp³-hybridized carbons (Fsp3) is 0.263.